The van der Waals surface area contributed by atoms with Crippen LogP contribution in [0.2, 0.25) is 10.0 Å². The third kappa shape index (κ3) is 2.10. The molecule has 0 saturated heterocycles. The minimum Gasteiger partial charge on any atom is -0.449 e. The van der Waals surface area contributed by atoms with Gasteiger partial charge in [-0.25, -0.2) is 4.79 Å². The molecule has 0 fully saturated rings. The fourth-order valence-electron chi connectivity index (χ4n) is 2.11. The number of aromatic nitrogens is 3. The van der Waals surface area contributed by atoms with Crippen molar-refractivity contribution in [1.82, 2.24) is 14.4 Å². The summed E-state index contributed by atoms with van der Waals surface area (Å²) >= 11 is 11.9. The molecule has 0 aliphatic rings. The normalized spacial score (nSPS) is 11.2. The monoisotopic (exact) mass is 327 g/mol. The van der Waals surface area contributed by atoms with Crippen LogP contribution in [-0.2, 0) is 0 Å². The molecule has 0 atom stereocenters. The first-order chi connectivity index (χ1) is 9.88. The van der Waals surface area contributed by atoms with Crippen molar-refractivity contribution in [2.75, 3.05) is 0 Å². The molecule has 21 heavy (non-hydrogen) atoms. The summed E-state index contributed by atoms with van der Waals surface area (Å²) in [6.07, 6.45) is -1.51. The number of imidazole rings is 1. The van der Waals surface area contributed by atoms with Crippen molar-refractivity contribution in [1.29, 1.82) is 0 Å². The van der Waals surface area contributed by atoms with Gasteiger partial charge in [0.25, 0.3) is 5.56 Å². The number of hydrogen-bond donors (Lipinski definition) is 2. The van der Waals surface area contributed by atoms with E-state index in [2.05, 4.69) is 14.7 Å². The van der Waals surface area contributed by atoms with Crippen LogP contribution < -0.4 is 10.3 Å². The highest BCUT2D eigenvalue weighted by atomic mass is 35.5. The zero-order chi connectivity index (χ0) is 15.3. The van der Waals surface area contributed by atoms with Crippen LogP contribution in [0.3, 0.4) is 0 Å². The van der Waals surface area contributed by atoms with E-state index in [9.17, 15) is 9.59 Å². The number of hydrogen-bond acceptors (Lipinski definition) is 4. The zero-order valence-electron chi connectivity index (χ0n) is 10.5. The lowest BCUT2D eigenvalue weighted by atomic mass is 10.3. The van der Waals surface area contributed by atoms with Gasteiger partial charge < -0.3 is 14.8 Å². The van der Waals surface area contributed by atoms with E-state index in [-0.39, 0.29) is 11.5 Å². The van der Waals surface area contributed by atoms with Crippen LogP contribution in [0.4, 0.5) is 4.79 Å². The Labute approximate surface area is 126 Å². The molecular weight excluding hydrogens is 321 g/mol. The summed E-state index contributed by atoms with van der Waals surface area (Å²) in [4.78, 5) is 29.2. The van der Waals surface area contributed by atoms with E-state index >= 15 is 0 Å². The Bertz CT molecular complexity index is 961. The van der Waals surface area contributed by atoms with E-state index in [0.29, 0.717) is 26.8 Å². The Balaban J connectivity index is 2.47. The highest BCUT2D eigenvalue weighted by Crippen LogP contribution is 2.28. The number of carboxylic acid groups (broad SMARTS) is 1. The van der Waals surface area contributed by atoms with Crippen molar-refractivity contribution in [2.24, 2.45) is 0 Å². The van der Waals surface area contributed by atoms with Gasteiger partial charge in [-0.15, -0.1) is 0 Å². The summed E-state index contributed by atoms with van der Waals surface area (Å²) in [5.41, 5.74) is 0.856. The quantitative estimate of drug-likeness (QED) is 0.670. The Morgan fingerprint density at radius 2 is 2.05 bits per heavy atom. The van der Waals surface area contributed by atoms with Crippen molar-refractivity contribution in [3.63, 3.8) is 0 Å². The smallest absolute Gasteiger partial charge is 0.449 e. The number of halogens is 2. The van der Waals surface area contributed by atoms with E-state index in [1.54, 1.807) is 13.0 Å². The molecule has 3 rings (SSSR count). The highest BCUT2D eigenvalue weighted by Gasteiger charge is 2.18. The summed E-state index contributed by atoms with van der Waals surface area (Å²) in [5, 5.41) is 9.27. The topological polar surface area (TPSA) is 96.7 Å². The number of fused-ring (bicyclic) bond motifs is 3. The van der Waals surface area contributed by atoms with E-state index in [1.165, 1.54) is 10.5 Å². The van der Waals surface area contributed by atoms with Gasteiger partial charge in [-0.05, 0) is 19.1 Å². The molecule has 3 aromatic rings. The number of nitrogens with zero attached hydrogens (tertiary/aromatic N) is 2. The third-order valence-electron chi connectivity index (χ3n) is 2.98. The van der Waals surface area contributed by atoms with Crippen LogP contribution in [0.25, 0.3) is 16.7 Å². The fourth-order valence-corrected chi connectivity index (χ4v) is 2.43. The van der Waals surface area contributed by atoms with Crippen LogP contribution >= 0.6 is 23.2 Å². The molecule has 2 heterocycles. The maximum atomic E-state index is 12.0. The molecule has 2 aromatic heterocycles. The van der Waals surface area contributed by atoms with Crippen LogP contribution in [0.1, 0.15) is 5.69 Å². The largest absolute Gasteiger partial charge is 0.512 e. The lowest BCUT2D eigenvalue weighted by Gasteiger charge is -2.05. The number of H-pyrrole nitrogens is 1. The number of benzene rings is 1. The fraction of sp³-hybridized carbons (Fsp3) is 0.0833. The molecular formula is C12H7Cl2N3O4. The Kier molecular flexibility index (Phi) is 3.03. The number of aromatic amines is 1. The molecule has 108 valence electrons. The van der Waals surface area contributed by atoms with Gasteiger partial charge in [0, 0.05) is 0 Å². The molecule has 0 spiro atoms. The van der Waals surface area contributed by atoms with Crippen molar-refractivity contribution in [2.45, 2.75) is 6.92 Å². The van der Waals surface area contributed by atoms with E-state index in [1.807, 2.05) is 0 Å². The maximum Gasteiger partial charge on any atom is 0.512 e. The van der Waals surface area contributed by atoms with Gasteiger partial charge in [-0.1, -0.05) is 23.2 Å². The molecule has 1 aromatic carbocycles. The molecule has 7 nitrogen and oxygen atoms in total. The molecule has 0 aliphatic heterocycles. The number of carbonyl (C=O) groups is 1. The SMILES string of the molecule is Cc1c(OC(=O)O)nc2c(=O)[nH]c3cc(Cl)c(Cl)cc3n12. The second-order valence-electron chi connectivity index (χ2n) is 4.27. The molecule has 0 saturated carbocycles. The van der Waals surface area contributed by atoms with Crippen LogP contribution in [0.5, 0.6) is 5.88 Å². The Hall–Kier alpha value is -2.25. The molecule has 2 N–H and O–H groups in total. The number of ether oxygens (including phenoxy) is 1. The molecule has 0 aliphatic carbocycles. The van der Waals surface area contributed by atoms with Gasteiger partial charge >= 0.3 is 6.16 Å². The van der Waals surface area contributed by atoms with Crippen molar-refractivity contribution >= 4 is 46.0 Å². The second-order valence-corrected chi connectivity index (χ2v) is 5.08. The number of nitrogens with one attached hydrogen (secondary N) is 1. The van der Waals surface area contributed by atoms with E-state index in [0.717, 1.165) is 0 Å². The third-order valence-corrected chi connectivity index (χ3v) is 3.70. The first-order valence-electron chi connectivity index (χ1n) is 5.69. The molecule has 0 amide bonds. The van der Waals surface area contributed by atoms with Crippen molar-refractivity contribution in [3.8, 4) is 5.88 Å². The number of aryl methyl sites for hydroxylation is 1. The summed E-state index contributed by atoms with van der Waals surface area (Å²) < 4.78 is 6.03. The highest BCUT2D eigenvalue weighted by molar-refractivity contribution is 6.42. The minimum atomic E-state index is -1.51. The Morgan fingerprint density at radius 1 is 1.38 bits per heavy atom. The van der Waals surface area contributed by atoms with Gasteiger partial charge in [-0.3, -0.25) is 9.20 Å². The average Bonchev–Trinajstić information content (AvgIpc) is 2.70. The van der Waals surface area contributed by atoms with Gasteiger partial charge in [0.05, 0.1) is 26.8 Å². The number of rotatable bonds is 1. The summed E-state index contributed by atoms with van der Waals surface area (Å²) in [7, 11) is 0. The molecule has 9 heteroatoms. The van der Waals surface area contributed by atoms with E-state index < -0.39 is 11.7 Å². The lowest BCUT2D eigenvalue weighted by molar-refractivity contribution is 0.142. The van der Waals surface area contributed by atoms with E-state index in [4.69, 9.17) is 28.3 Å². The summed E-state index contributed by atoms with van der Waals surface area (Å²) in [6.45, 7) is 1.58. The maximum absolute atomic E-state index is 12.0. The van der Waals surface area contributed by atoms with Gasteiger partial charge in [0.2, 0.25) is 11.5 Å². The minimum absolute atomic E-state index is 0.00893. The first-order valence-corrected chi connectivity index (χ1v) is 6.45. The zero-order valence-corrected chi connectivity index (χ0v) is 12.0. The van der Waals surface area contributed by atoms with Crippen molar-refractivity contribution < 1.29 is 14.6 Å². The predicted octanol–water partition coefficient (Wildman–Crippen LogP) is 2.85. The van der Waals surface area contributed by atoms with Crippen LogP contribution in [0, 0.1) is 6.92 Å². The standard InChI is InChI=1S/C12H7Cl2N3O4/c1-4-11(21-12(19)20)16-9-10(18)15-7-2-5(13)6(14)3-8(7)17(4)9/h2-3H,1H3,(H,15,18)(H,19,20). The molecule has 0 unspecified atom stereocenters. The summed E-state index contributed by atoms with van der Waals surface area (Å²) in [6, 6.07) is 3.07. The van der Waals surface area contributed by atoms with Crippen LogP contribution in [0.15, 0.2) is 16.9 Å². The Morgan fingerprint density at radius 3 is 2.71 bits per heavy atom. The van der Waals surface area contributed by atoms with Gasteiger partial charge in [0.1, 0.15) is 0 Å². The lowest BCUT2D eigenvalue weighted by Crippen LogP contribution is -2.11. The molecule has 0 radical (unpaired) electrons. The first kappa shape index (κ1) is 13.7. The van der Waals surface area contributed by atoms with Gasteiger partial charge in [0.15, 0.2) is 0 Å². The molecule has 0 bridgehead atoms. The second kappa shape index (κ2) is 4.64. The van der Waals surface area contributed by atoms with Crippen molar-refractivity contribution in [3.05, 3.63) is 38.2 Å². The predicted molar refractivity (Wildman–Crippen MR) is 76.7 cm³/mol. The average molecular weight is 328 g/mol. The van der Waals surface area contributed by atoms with Crippen LogP contribution in [-0.4, -0.2) is 25.6 Å². The summed E-state index contributed by atoms with van der Waals surface area (Å²) in [5.74, 6) is -0.161. The van der Waals surface area contributed by atoms with Gasteiger partial charge in [-0.2, -0.15) is 4.98 Å².